The van der Waals surface area contributed by atoms with Crippen LogP contribution < -0.4 is 22.5 Å². The lowest BCUT2D eigenvalue weighted by atomic mass is 9.77. The van der Waals surface area contributed by atoms with Crippen LogP contribution in [0.2, 0.25) is 0 Å². The first-order valence-corrected chi connectivity index (χ1v) is 51.2. The van der Waals surface area contributed by atoms with Gasteiger partial charge in [0.05, 0.1) is 55.9 Å². The van der Waals surface area contributed by atoms with Gasteiger partial charge in [0.1, 0.15) is 29.5 Å². The van der Waals surface area contributed by atoms with Gasteiger partial charge in [-0.2, -0.15) is 0 Å². The van der Waals surface area contributed by atoms with Crippen molar-refractivity contribution in [3.05, 3.63) is 59.6 Å². The van der Waals surface area contributed by atoms with Crippen LogP contribution in [0, 0.1) is 125 Å². The molecule has 1 spiro atoms. The van der Waals surface area contributed by atoms with E-state index in [2.05, 4.69) is 207 Å². The normalized spacial score (nSPS) is 25.3. The van der Waals surface area contributed by atoms with Gasteiger partial charge in [0.2, 0.25) is 5.91 Å². The number of aliphatic hydroxyl groups excluding tert-OH is 4. The number of amides is 1. The number of carbonyl (C=O) groups is 3. The molecule has 10 fully saturated rings. The number of carbonyl (C=O) groups excluding carboxylic acids is 3. The van der Waals surface area contributed by atoms with Crippen LogP contribution in [0.25, 0.3) is 0 Å². The quantitative estimate of drug-likeness (QED) is 0.0393. The maximum atomic E-state index is 11.6. The second-order valence-corrected chi connectivity index (χ2v) is 45.9. The molecular formula is C107H206N10O10. The summed E-state index contributed by atoms with van der Waals surface area (Å²) in [5.41, 5.74) is 21.8. The number of nitrogens with two attached hydrogens (primary N) is 3. The number of ketones is 2. The van der Waals surface area contributed by atoms with E-state index in [0.29, 0.717) is 54.2 Å². The number of nitrogens with zero attached hydrogens (tertiary/aromatic N) is 6. The van der Waals surface area contributed by atoms with E-state index in [1.54, 1.807) is 19.5 Å². The number of nitrogens with one attached hydrogen (secondary N) is 1. The molecule has 11 unspecified atom stereocenters. The summed E-state index contributed by atoms with van der Waals surface area (Å²) in [5.74, 6) is 13.5. The Hall–Kier alpha value is -3.45. The summed E-state index contributed by atoms with van der Waals surface area (Å²) in [6, 6.07) is 4.06. The molecule has 9 heterocycles. The summed E-state index contributed by atoms with van der Waals surface area (Å²) < 4.78 is 15.7. The topological polar surface area (TPSA) is 277 Å². The van der Waals surface area contributed by atoms with Gasteiger partial charge in [-0.25, -0.2) is 0 Å². The number of β-amino-alcohol motifs (C(OH)–C–C–N with tert-alkyl or cyclic N) is 1. The Bertz CT molecular complexity index is 3150. The second kappa shape index (κ2) is 60.1. The van der Waals surface area contributed by atoms with Crippen molar-refractivity contribution < 1.29 is 48.4 Å². The number of allylic oxidation sites excluding steroid dienone is 1. The van der Waals surface area contributed by atoms with Crippen LogP contribution in [0.4, 0.5) is 0 Å². The van der Waals surface area contributed by atoms with E-state index >= 15 is 0 Å². The van der Waals surface area contributed by atoms with Gasteiger partial charge in [0.15, 0.2) is 5.78 Å². The maximum absolute atomic E-state index is 11.6. The third kappa shape index (κ3) is 47.1. The Kier molecular flexibility index (Phi) is 56.6. The smallest absolute Gasteiger partial charge is 0.233 e. The second-order valence-electron chi connectivity index (χ2n) is 45.9. The number of morpholine rings is 1. The van der Waals surface area contributed by atoms with E-state index in [1.807, 2.05) is 53.7 Å². The van der Waals surface area contributed by atoms with E-state index < -0.39 is 12.2 Å². The van der Waals surface area contributed by atoms with Crippen molar-refractivity contribution in [2.24, 2.45) is 129 Å². The minimum atomic E-state index is -0.748. The third-order valence-corrected chi connectivity index (χ3v) is 27.9. The van der Waals surface area contributed by atoms with Crippen molar-refractivity contribution >= 4 is 17.5 Å². The molecule has 744 valence electrons. The lowest BCUT2D eigenvalue weighted by Crippen LogP contribution is -2.60. The fourth-order valence-electron chi connectivity index (χ4n) is 18.7. The van der Waals surface area contributed by atoms with Crippen molar-refractivity contribution in [2.75, 3.05) is 131 Å². The number of likely N-dealkylation sites (tertiary alicyclic amines) is 5. The fraction of sp³-hybridized carbons (Fsp3) is 0.879. The maximum Gasteiger partial charge on any atom is 0.233 e. The van der Waals surface area contributed by atoms with E-state index in [1.165, 1.54) is 123 Å². The average Bonchev–Trinajstić information content (AvgIpc) is 1.63. The lowest BCUT2D eigenvalue weighted by molar-refractivity contribution is -0.137. The van der Waals surface area contributed by atoms with Gasteiger partial charge in [-0.15, -0.1) is 0 Å². The Morgan fingerprint density at radius 1 is 0.567 bits per heavy atom. The minimum absolute atomic E-state index is 0.0185. The Labute approximate surface area is 780 Å². The molecule has 20 nitrogen and oxygen atoms in total. The predicted octanol–water partition coefficient (Wildman–Crippen LogP) is 20.0. The highest BCUT2D eigenvalue weighted by Crippen LogP contribution is 2.49. The zero-order chi connectivity index (χ0) is 96.6. The molecule has 1 amide bonds. The van der Waals surface area contributed by atoms with Crippen LogP contribution in [0.3, 0.4) is 0 Å². The Balaban J connectivity index is 0.000000474. The number of aryl methyl sites for hydroxylation is 2. The highest BCUT2D eigenvalue weighted by molar-refractivity contribution is 5.89. The number of hydrogen-bond acceptors (Lipinski definition) is 19. The van der Waals surface area contributed by atoms with Gasteiger partial charge in [-0.1, -0.05) is 207 Å². The predicted molar refractivity (Wildman–Crippen MR) is 535 cm³/mol. The number of hydrogen-bond donors (Lipinski definition) is 8. The highest BCUT2D eigenvalue weighted by Gasteiger charge is 2.53. The van der Waals surface area contributed by atoms with Crippen molar-refractivity contribution in [3.8, 4) is 0 Å². The molecule has 2 aromatic heterocycles. The molecule has 2 aromatic rings. The molecule has 7 saturated heterocycles. The van der Waals surface area contributed by atoms with Gasteiger partial charge >= 0.3 is 0 Å². The largest absolute Gasteiger partial charge is 0.467 e. The summed E-state index contributed by atoms with van der Waals surface area (Å²) in [7, 11) is 0. The summed E-state index contributed by atoms with van der Waals surface area (Å²) >= 11 is 0. The molecule has 3 aliphatic carbocycles. The number of piperidine rings is 2. The van der Waals surface area contributed by atoms with Gasteiger partial charge in [0, 0.05) is 134 Å². The van der Waals surface area contributed by atoms with E-state index in [0.717, 1.165) is 179 Å². The monoisotopic (exact) mass is 1790 g/mol. The Morgan fingerprint density at radius 2 is 1.02 bits per heavy atom. The molecule has 0 aromatic carbocycles. The van der Waals surface area contributed by atoms with E-state index in [-0.39, 0.29) is 70.2 Å². The standard InChI is InChI=1S/C12H25NO.C11H18N2O.3C10H21N.C10H18O2.C9H19NO2.C9H17NO.C9H15NO.C9H14O2.C8H17N/c1-4-11-6-5-7-13(8-11)9-12(14)10(2)3;1-8(2)5-13-6-11(7-13)4-9(3)12-10(11)14;1-9(2)7-11-6-4-5-10(3)8-11;2*1-4-10(11)6-5-9(7-10)8(2)3;1-7(2)9(12)8(11)6-10(3)4-5-10;1-8(2)5-10-3-4-12-7-9(10)6-11;1-7(2)4-10-5-9(6-10)8(3)11;2*1-6(2)8(10)9-7(3)4-5-11-9;1-7(2)4-9-5-8(3)6-9/h10-12,14H,4-9H2,1-3H3;8H,3-7H2,1-2H3,(H,12,14);9-10H,4-8H2,1-3H3;2*8-9H,4-7,11H2,1-3H3;7,9,12H,4-6H2,1-3H3;8-9,11H,3-7H2,1-2H3;7,9H,4-6H2,1-3H3;4-6,8H,10H2,1-3H3;4-6,8,10H,1-3H3;7-8H,4-6H2,1-3H3. The van der Waals surface area contributed by atoms with Gasteiger partial charge in [-0.05, 0) is 247 Å². The van der Waals surface area contributed by atoms with Crippen molar-refractivity contribution in [1.82, 2.24) is 34.7 Å². The first-order chi connectivity index (χ1) is 59.2. The molecule has 12 rings (SSSR count). The molecule has 0 bridgehead atoms. The highest BCUT2D eigenvalue weighted by atomic mass is 16.5. The molecule has 127 heavy (non-hydrogen) atoms. The Morgan fingerprint density at radius 3 is 1.39 bits per heavy atom. The van der Waals surface area contributed by atoms with Gasteiger partial charge in [-0.3, -0.25) is 19.3 Å². The van der Waals surface area contributed by atoms with Gasteiger partial charge < -0.3 is 81.0 Å². The zero-order valence-corrected chi connectivity index (χ0v) is 88.0. The van der Waals surface area contributed by atoms with E-state index in [4.69, 9.17) is 35.9 Å². The molecular weight excluding hydrogens is 1590 g/mol. The SMILES string of the molecule is C=C1CC2(CN(CC(C)C)C2)C(=O)N1.CC(=O)C1CN(CC(C)C)C1.CC(C)C(O)C(=O)CC1(C)CC1.CC(C)CN1CC(C)C1.CC(C)CN1CCCC(C)C1.CC(C)CN1CCOCC1CO.CCC1(N)CCC(C(C)C)C1.CCC1(N)CCC(C(C)C)C1.CCC1CCCN(CC(O)C(C)C)C1.Cc1ccoc1C(N)C(C)C.Cc1ccoc1C(O)C(C)C. The molecule has 7 aliphatic heterocycles. The summed E-state index contributed by atoms with van der Waals surface area (Å²) in [5, 5.41) is 40.7. The molecule has 11 N–H and O–H groups in total. The number of aliphatic hydroxyl groups is 4. The van der Waals surface area contributed by atoms with Crippen LogP contribution in [0.15, 0.2) is 45.8 Å². The van der Waals surface area contributed by atoms with Crippen LogP contribution in [-0.4, -0.2) is 228 Å². The molecule has 3 saturated carbocycles. The molecule has 11 atom stereocenters. The van der Waals surface area contributed by atoms with Crippen LogP contribution >= 0.6 is 0 Å². The fourth-order valence-corrected chi connectivity index (χ4v) is 18.7. The van der Waals surface area contributed by atoms with Crippen LogP contribution in [-0.2, 0) is 19.1 Å². The van der Waals surface area contributed by atoms with E-state index in [9.17, 15) is 29.7 Å². The number of rotatable bonds is 28. The van der Waals surface area contributed by atoms with Crippen molar-refractivity contribution in [2.45, 2.75) is 365 Å². The minimum Gasteiger partial charge on any atom is -0.467 e. The lowest BCUT2D eigenvalue weighted by Gasteiger charge is -2.46. The van der Waals surface area contributed by atoms with Crippen molar-refractivity contribution in [1.29, 1.82) is 0 Å². The molecule has 20 heteroatoms. The average molecular weight is 1790 g/mol. The first kappa shape index (κ1) is 120. The number of Topliss-reactive ketones (excluding diaryl/α,β-unsaturated/α-hetero) is 2. The number of ether oxygens (including phenoxy) is 1. The van der Waals surface area contributed by atoms with Crippen LogP contribution in [0.5, 0.6) is 0 Å². The summed E-state index contributed by atoms with van der Waals surface area (Å²) in [6.45, 7) is 91.6. The third-order valence-electron chi connectivity index (χ3n) is 27.9. The van der Waals surface area contributed by atoms with Crippen LogP contribution in [0.1, 0.15) is 345 Å². The zero-order valence-electron chi connectivity index (χ0n) is 88.0. The van der Waals surface area contributed by atoms with Gasteiger partial charge in [0.25, 0.3) is 0 Å². The first-order valence-electron chi connectivity index (χ1n) is 51.2. The number of furan rings is 2. The summed E-state index contributed by atoms with van der Waals surface area (Å²) in [4.78, 5) is 48.4. The molecule has 0 radical (unpaired) electrons. The molecule has 10 aliphatic rings. The van der Waals surface area contributed by atoms with Crippen molar-refractivity contribution in [3.63, 3.8) is 0 Å². The summed E-state index contributed by atoms with van der Waals surface area (Å²) in [6.07, 6.45) is 22.4.